The lowest BCUT2D eigenvalue weighted by atomic mass is 10.3. The second kappa shape index (κ2) is 6.23. The Morgan fingerprint density at radius 1 is 1.44 bits per heavy atom. The highest BCUT2D eigenvalue weighted by molar-refractivity contribution is 7.98. The van der Waals surface area contributed by atoms with Gasteiger partial charge in [0, 0.05) is 4.90 Å². The van der Waals surface area contributed by atoms with E-state index in [1.54, 1.807) is 11.8 Å². The van der Waals surface area contributed by atoms with Gasteiger partial charge >= 0.3 is 5.97 Å². The predicted molar refractivity (Wildman–Crippen MR) is 64.9 cm³/mol. The number of rotatable bonds is 5. The molecular formula is C12H14O3S. The van der Waals surface area contributed by atoms with Crippen molar-refractivity contribution in [2.45, 2.75) is 11.0 Å². The molecule has 0 saturated carbocycles. The van der Waals surface area contributed by atoms with Gasteiger partial charge in [-0.2, -0.15) is 0 Å². The Hall–Kier alpha value is -1.42. The quantitative estimate of drug-likeness (QED) is 0.448. The van der Waals surface area contributed by atoms with Crippen molar-refractivity contribution in [2.24, 2.45) is 0 Å². The average molecular weight is 238 g/mol. The SMILES string of the molecule is C=CC(Oc1ccc(SC)cc1)C(=O)OC. The van der Waals surface area contributed by atoms with Crippen LogP contribution >= 0.6 is 11.8 Å². The van der Waals surface area contributed by atoms with E-state index in [4.69, 9.17) is 4.74 Å². The number of esters is 1. The lowest BCUT2D eigenvalue weighted by molar-refractivity contribution is -0.146. The first-order valence-corrected chi connectivity index (χ1v) is 5.95. The summed E-state index contributed by atoms with van der Waals surface area (Å²) in [6, 6.07) is 7.48. The summed E-state index contributed by atoms with van der Waals surface area (Å²) in [4.78, 5) is 12.4. The Kier molecular flexibility index (Phi) is 4.92. The van der Waals surface area contributed by atoms with Crippen LogP contribution in [0.3, 0.4) is 0 Å². The van der Waals surface area contributed by atoms with Gasteiger partial charge in [0.1, 0.15) is 5.75 Å². The minimum atomic E-state index is -0.759. The molecule has 0 fully saturated rings. The number of methoxy groups -OCH3 is 1. The van der Waals surface area contributed by atoms with Crippen LogP contribution in [0.15, 0.2) is 41.8 Å². The molecule has 0 N–H and O–H groups in total. The van der Waals surface area contributed by atoms with Crippen molar-refractivity contribution >= 4 is 17.7 Å². The van der Waals surface area contributed by atoms with Crippen molar-refractivity contribution in [2.75, 3.05) is 13.4 Å². The van der Waals surface area contributed by atoms with Gasteiger partial charge in [0.05, 0.1) is 7.11 Å². The highest BCUT2D eigenvalue weighted by Gasteiger charge is 2.16. The van der Waals surface area contributed by atoms with Crippen LogP contribution in [0, 0.1) is 0 Å². The van der Waals surface area contributed by atoms with E-state index >= 15 is 0 Å². The van der Waals surface area contributed by atoms with Gasteiger partial charge in [-0.15, -0.1) is 11.8 Å². The van der Waals surface area contributed by atoms with Crippen molar-refractivity contribution in [1.29, 1.82) is 0 Å². The van der Waals surface area contributed by atoms with Gasteiger partial charge in [-0.25, -0.2) is 4.79 Å². The summed E-state index contributed by atoms with van der Waals surface area (Å²) in [5.41, 5.74) is 0. The molecule has 1 unspecified atom stereocenters. The molecule has 4 heteroatoms. The summed E-state index contributed by atoms with van der Waals surface area (Å²) in [6.07, 6.45) is 2.65. The predicted octanol–water partition coefficient (Wildman–Crippen LogP) is 2.51. The summed E-state index contributed by atoms with van der Waals surface area (Å²) in [5.74, 6) is 0.164. The van der Waals surface area contributed by atoms with Crippen molar-refractivity contribution < 1.29 is 14.3 Å². The standard InChI is InChI=1S/C12H14O3S/c1-4-11(12(13)14-2)15-9-5-7-10(16-3)8-6-9/h4-8,11H,1H2,2-3H3. The molecule has 0 aromatic heterocycles. The Labute approximate surface area is 99.4 Å². The molecule has 0 bridgehead atoms. The number of carbonyl (C=O) groups is 1. The monoisotopic (exact) mass is 238 g/mol. The third-order valence-electron chi connectivity index (χ3n) is 1.97. The van der Waals surface area contributed by atoms with Crippen molar-refractivity contribution in [3.8, 4) is 5.75 Å². The molecule has 16 heavy (non-hydrogen) atoms. The molecule has 0 spiro atoms. The van der Waals surface area contributed by atoms with Crippen LogP contribution in [0.25, 0.3) is 0 Å². The second-order valence-electron chi connectivity index (χ2n) is 2.97. The highest BCUT2D eigenvalue weighted by Crippen LogP contribution is 2.20. The molecule has 1 aromatic rings. The van der Waals surface area contributed by atoms with E-state index in [2.05, 4.69) is 11.3 Å². The maximum absolute atomic E-state index is 11.2. The molecule has 0 amide bonds. The van der Waals surface area contributed by atoms with Gasteiger partial charge in [0.2, 0.25) is 6.10 Å². The summed E-state index contributed by atoms with van der Waals surface area (Å²) < 4.78 is 9.99. The maximum Gasteiger partial charge on any atom is 0.351 e. The van der Waals surface area contributed by atoms with Crippen LogP contribution < -0.4 is 4.74 Å². The number of benzene rings is 1. The number of ether oxygens (including phenoxy) is 2. The zero-order valence-electron chi connectivity index (χ0n) is 9.30. The fourth-order valence-corrected chi connectivity index (χ4v) is 1.52. The van der Waals surface area contributed by atoms with Gasteiger partial charge in [0.15, 0.2) is 0 Å². The summed E-state index contributed by atoms with van der Waals surface area (Å²) in [5, 5.41) is 0. The Bertz CT molecular complexity index is 359. The van der Waals surface area contributed by atoms with E-state index in [-0.39, 0.29) is 0 Å². The third-order valence-corrected chi connectivity index (χ3v) is 2.71. The Balaban J connectivity index is 2.70. The molecule has 0 saturated heterocycles. The Morgan fingerprint density at radius 2 is 2.06 bits per heavy atom. The van der Waals surface area contributed by atoms with Crippen molar-refractivity contribution in [3.63, 3.8) is 0 Å². The lowest BCUT2D eigenvalue weighted by Crippen LogP contribution is -2.26. The first-order valence-electron chi connectivity index (χ1n) is 4.72. The smallest absolute Gasteiger partial charge is 0.351 e. The molecule has 0 aliphatic rings. The van der Waals surface area contributed by atoms with Gasteiger partial charge in [-0.05, 0) is 36.6 Å². The fourth-order valence-electron chi connectivity index (χ4n) is 1.11. The van der Waals surface area contributed by atoms with Gasteiger partial charge in [-0.3, -0.25) is 0 Å². The van der Waals surface area contributed by atoms with E-state index in [0.717, 1.165) is 4.90 Å². The second-order valence-corrected chi connectivity index (χ2v) is 3.85. The number of hydrogen-bond acceptors (Lipinski definition) is 4. The van der Waals surface area contributed by atoms with E-state index < -0.39 is 12.1 Å². The first-order chi connectivity index (χ1) is 7.71. The first kappa shape index (κ1) is 12.6. The van der Waals surface area contributed by atoms with Crippen molar-refractivity contribution in [1.82, 2.24) is 0 Å². The molecular weight excluding hydrogens is 224 g/mol. The minimum Gasteiger partial charge on any atom is -0.475 e. The molecule has 3 nitrogen and oxygen atoms in total. The number of thioether (sulfide) groups is 1. The van der Waals surface area contributed by atoms with E-state index in [0.29, 0.717) is 5.75 Å². The zero-order chi connectivity index (χ0) is 12.0. The highest BCUT2D eigenvalue weighted by atomic mass is 32.2. The molecule has 1 rings (SSSR count). The maximum atomic E-state index is 11.2. The van der Waals surface area contributed by atoms with Crippen LogP contribution in [0.2, 0.25) is 0 Å². The van der Waals surface area contributed by atoms with Crippen LogP contribution in [0.1, 0.15) is 0 Å². The molecule has 86 valence electrons. The fraction of sp³-hybridized carbons (Fsp3) is 0.250. The minimum absolute atomic E-state index is 0.455. The lowest BCUT2D eigenvalue weighted by Gasteiger charge is -2.13. The summed E-state index contributed by atoms with van der Waals surface area (Å²) in [7, 11) is 1.32. The van der Waals surface area contributed by atoms with Gasteiger partial charge in [-0.1, -0.05) is 6.58 Å². The van der Waals surface area contributed by atoms with Crippen LogP contribution in [0.4, 0.5) is 0 Å². The number of hydrogen-bond donors (Lipinski definition) is 0. The van der Waals surface area contributed by atoms with Gasteiger partial charge < -0.3 is 9.47 Å². The van der Waals surface area contributed by atoms with Crippen LogP contribution in [0.5, 0.6) is 5.75 Å². The van der Waals surface area contributed by atoms with E-state index in [1.165, 1.54) is 13.2 Å². The molecule has 0 radical (unpaired) electrons. The van der Waals surface area contributed by atoms with E-state index in [1.807, 2.05) is 30.5 Å². The van der Waals surface area contributed by atoms with Crippen LogP contribution in [-0.4, -0.2) is 25.4 Å². The largest absolute Gasteiger partial charge is 0.475 e. The Morgan fingerprint density at radius 3 is 2.50 bits per heavy atom. The third kappa shape index (κ3) is 3.31. The molecule has 0 aliphatic carbocycles. The van der Waals surface area contributed by atoms with Gasteiger partial charge in [0.25, 0.3) is 0 Å². The van der Waals surface area contributed by atoms with Crippen LogP contribution in [-0.2, 0) is 9.53 Å². The topological polar surface area (TPSA) is 35.5 Å². The molecule has 0 heterocycles. The number of carbonyl (C=O) groups excluding carboxylic acids is 1. The van der Waals surface area contributed by atoms with Crippen molar-refractivity contribution in [3.05, 3.63) is 36.9 Å². The summed E-state index contributed by atoms with van der Waals surface area (Å²) >= 11 is 1.65. The zero-order valence-corrected chi connectivity index (χ0v) is 10.1. The van der Waals surface area contributed by atoms with E-state index in [9.17, 15) is 4.79 Å². The summed E-state index contributed by atoms with van der Waals surface area (Å²) in [6.45, 7) is 3.53. The molecule has 1 aromatic carbocycles. The average Bonchev–Trinajstić information content (AvgIpc) is 2.35. The molecule has 1 atom stereocenters. The normalized spacial score (nSPS) is 11.6. The molecule has 0 aliphatic heterocycles.